The molecule has 0 atom stereocenters. The lowest BCUT2D eigenvalue weighted by Crippen LogP contribution is -2.09. The zero-order chi connectivity index (χ0) is 9.97. The van der Waals surface area contributed by atoms with Gasteiger partial charge in [0.15, 0.2) is 0 Å². The standard InChI is InChI=1S/C11H12BrNO/c12-9-1-2-11-10(7-9)8(3-5-13)4-6-14-11/h1-3,7H,4-6,13H2/b8-3-. The van der Waals surface area contributed by atoms with Crippen molar-refractivity contribution in [1.82, 2.24) is 0 Å². The maximum absolute atomic E-state index is 5.55. The van der Waals surface area contributed by atoms with Gasteiger partial charge < -0.3 is 10.5 Å². The van der Waals surface area contributed by atoms with Crippen molar-refractivity contribution >= 4 is 21.5 Å². The number of hydrogen-bond donors (Lipinski definition) is 1. The minimum absolute atomic E-state index is 0.585. The molecule has 0 aromatic heterocycles. The van der Waals surface area contributed by atoms with Gasteiger partial charge in [-0.05, 0) is 23.8 Å². The second kappa shape index (κ2) is 4.15. The Morgan fingerprint density at radius 3 is 3.14 bits per heavy atom. The highest BCUT2D eigenvalue weighted by molar-refractivity contribution is 9.10. The Hall–Kier alpha value is -0.800. The van der Waals surface area contributed by atoms with Gasteiger partial charge in [0, 0.05) is 23.0 Å². The van der Waals surface area contributed by atoms with E-state index in [2.05, 4.69) is 28.1 Å². The summed E-state index contributed by atoms with van der Waals surface area (Å²) in [4.78, 5) is 0. The first-order valence-electron chi connectivity index (χ1n) is 4.63. The number of hydrogen-bond acceptors (Lipinski definition) is 2. The zero-order valence-electron chi connectivity index (χ0n) is 7.79. The molecule has 0 unspecified atom stereocenters. The van der Waals surface area contributed by atoms with Crippen molar-refractivity contribution in [3.05, 3.63) is 34.3 Å². The summed E-state index contributed by atoms with van der Waals surface area (Å²) in [6.45, 7) is 1.34. The fourth-order valence-corrected chi connectivity index (χ4v) is 2.00. The molecule has 0 fully saturated rings. The molecular formula is C11H12BrNO. The van der Waals surface area contributed by atoms with Gasteiger partial charge in [0.2, 0.25) is 0 Å². The molecule has 1 heterocycles. The predicted octanol–water partition coefficient (Wildman–Crippen LogP) is 2.57. The van der Waals surface area contributed by atoms with Crippen molar-refractivity contribution in [2.45, 2.75) is 6.42 Å². The quantitative estimate of drug-likeness (QED) is 0.835. The van der Waals surface area contributed by atoms with Crippen LogP contribution in [0.3, 0.4) is 0 Å². The summed E-state index contributed by atoms with van der Waals surface area (Å²) in [7, 11) is 0. The van der Waals surface area contributed by atoms with Crippen molar-refractivity contribution in [2.75, 3.05) is 13.2 Å². The average molecular weight is 254 g/mol. The van der Waals surface area contributed by atoms with Crippen molar-refractivity contribution < 1.29 is 4.74 Å². The normalized spacial score (nSPS) is 17.7. The predicted molar refractivity (Wildman–Crippen MR) is 61.3 cm³/mol. The highest BCUT2D eigenvalue weighted by Crippen LogP contribution is 2.34. The molecule has 1 aromatic carbocycles. The van der Waals surface area contributed by atoms with Gasteiger partial charge in [0.1, 0.15) is 5.75 Å². The van der Waals surface area contributed by atoms with Crippen molar-refractivity contribution in [1.29, 1.82) is 0 Å². The minimum Gasteiger partial charge on any atom is -0.493 e. The van der Waals surface area contributed by atoms with Gasteiger partial charge >= 0.3 is 0 Å². The maximum atomic E-state index is 5.55. The van der Waals surface area contributed by atoms with Crippen LogP contribution in [0, 0.1) is 0 Å². The van der Waals surface area contributed by atoms with E-state index in [9.17, 15) is 0 Å². The Morgan fingerprint density at radius 2 is 2.36 bits per heavy atom. The summed E-state index contributed by atoms with van der Waals surface area (Å²) in [6, 6.07) is 6.06. The Labute approximate surface area is 91.9 Å². The van der Waals surface area contributed by atoms with E-state index >= 15 is 0 Å². The Bertz CT molecular complexity index is 374. The van der Waals surface area contributed by atoms with Gasteiger partial charge in [0.05, 0.1) is 6.61 Å². The van der Waals surface area contributed by atoms with Crippen LogP contribution in [-0.4, -0.2) is 13.2 Å². The second-order valence-electron chi connectivity index (χ2n) is 3.20. The van der Waals surface area contributed by atoms with E-state index in [4.69, 9.17) is 10.5 Å². The molecule has 2 N–H and O–H groups in total. The van der Waals surface area contributed by atoms with Gasteiger partial charge in [-0.3, -0.25) is 0 Å². The fraction of sp³-hybridized carbons (Fsp3) is 0.273. The summed E-state index contributed by atoms with van der Waals surface area (Å²) < 4.78 is 6.63. The molecule has 74 valence electrons. The van der Waals surface area contributed by atoms with Crippen LogP contribution < -0.4 is 10.5 Å². The molecule has 1 aromatic rings. The van der Waals surface area contributed by atoms with E-state index in [0.29, 0.717) is 6.54 Å². The molecule has 0 amide bonds. The first-order chi connectivity index (χ1) is 6.81. The SMILES string of the molecule is NC/C=C1/CCOc2ccc(Br)cc21. The highest BCUT2D eigenvalue weighted by Gasteiger charge is 2.14. The lowest BCUT2D eigenvalue weighted by atomic mass is 9.99. The lowest BCUT2D eigenvalue weighted by molar-refractivity contribution is 0.316. The van der Waals surface area contributed by atoms with Crippen LogP contribution in [0.5, 0.6) is 5.75 Å². The molecule has 1 aliphatic heterocycles. The molecule has 1 aliphatic rings. The third kappa shape index (κ3) is 1.83. The second-order valence-corrected chi connectivity index (χ2v) is 4.12. The zero-order valence-corrected chi connectivity index (χ0v) is 9.38. The van der Waals surface area contributed by atoms with E-state index < -0.39 is 0 Å². The minimum atomic E-state index is 0.585. The molecule has 0 radical (unpaired) electrons. The van der Waals surface area contributed by atoms with Gasteiger partial charge in [-0.2, -0.15) is 0 Å². The van der Waals surface area contributed by atoms with Crippen molar-refractivity contribution in [3.8, 4) is 5.75 Å². The molecule has 0 bridgehead atoms. The number of ether oxygens (including phenoxy) is 1. The van der Waals surface area contributed by atoms with E-state index in [-0.39, 0.29) is 0 Å². The molecule has 14 heavy (non-hydrogen) atoms. The first-order valence-corrected chi connectivity index (χ1v) is 5.42. The molecule has 0 spiro atoms. The fourth-order valence-electron chi connectivity index (χ4n) is 1.64. The van der Waals surface area contributed by atoms with Crippen LogP contribution in [0.1, 0.15) is 12.0 Å². The summed E-state index contributed by atoms with van der Waals surface area (Å²) in [5, 5.41) is 0. The van der Waals surface area contributed by atoms with Crippen LogP contribution in [0.15, 0.2) is 28.7 Å². The average Bonchev–Trinajstić information content (AvgIpc) is 2.19. The molecule has 2 nitrogen and oxygen atoms in total. The van der Waals surface area contributed by atoms with Gasteiger partial charge in [0.25, 0.3) is 0 Å². The smallest absolute Gasteiger partial charge is 0.126 e. The van der Waals surface area contributed by atoms with Crippen LogP contribution in [-0.2, 0) is 0 Å². The number of nitrogens with two attached hydrogens (primary N) is 1. The van der Waals surface area contributed by atoms with Gasteiger partial charge in [-0.25, -0.2) is 0 Å². The summed E-state index contributed by atoms with van der Waals surface area (Å²) in [6.07, 6.45) is 3.01. The summed E-state index contributed by atoms with van der Waals surface area (Å²) >= 11 is 3.45. The van der Waals surface area contributed by atoms with E-state index in [1.807, 2.05) is 12.1 Å². The van der Waals surface area contributed by atoms with Gasteiger partial charge in [-0.1, -0.05) is 22.0 Å². The number of fused-ring (bicyclic) bond motifs is 1. The Balaban J connectivity index is 2.47. The molecule has 0 saturated heterocycles. The Morgan fingerprint density at radius 1 is 1.50 bits per heavy atom. The van der Waals surface area contributed by atoms with E-state index in [0.717, 1.165) is 28.8 Å². The van der Waals surface area contributed by atoms with E-state index in [1.54, 1.807) is 0 Å². The van der Waals surface area contributed by atoms with E-state index in [1.165, 1.54) is 5.57 Å². The van der Waals surface area contributed by atoms with Gasteiger partial charge in [-0.15, -0.1) is 0 Å². The number of benzene rings is 1. The molecule has 2 rings (SSSR count). The molecule has 0 aliphatic carbocycles. The number of rotatable bonds is 1. The van der Waals surface area contributed by atoms with Crippen LogP contribution in [0.25, 0.3) is 5.57 Å². The van der Waals surface area contributed by atoms with Crippen molar-refractivity contribution in [2.24, 2.45) is 5.73 Å². The first kappa shape index (κ1) is 9.74. The van der Waals surface area contributed by atoms with Crippen LogP contribution >= 0.6 is 15.9 Å². The third-order valence-corrected chi connectivity index (χ3v) is 2.77. The highest BCUT2D eigenvalue weighted by atomic mass is 79.9. The van der Waals surface area contributed by atoms with Crippen LogP contribution in [0.2, 0.25) is 0 Å². The topological polar surface area (TPSA) is 35.2 Å². The molecular weight excluding hydrogens is 242 g/mol. The van der Waals surface area contributed by atoms with Crippen molar-refractivity contribution in [3.63, 3.8) is 0 Å². The largest absolute Gasteiger partial charge is 0.493 e. The Kier molecular flexibility index (Phi) is 2.89. The third-order valence-electron chi connectivity index (χ3n) is 2.28. The molecule has 3 heteroatoms. The summed E-state index contributed by atoms with van der Waals surface area (Å²) in [5.74, 6) is 0.958. The summed E-state index contributed by atoms with van der Waals surface area (Å²) in [5.41, 5.74) is 7.98. The molecule has 0 saturated carbocycles. The van der Waals surface area contributed by atoms with Crippen LogP contribution in [0.4, 0.5) is 0 Å². The number of halogens is 1. The maximum Gasteiger partial charge on any atom is 0.126 e. The monoisotopic (exact) mass is 253 g/mol. The lowest BCUT2D eigenvalue weighted by Gasteiger charge is -2.20.